The maximum Gasteiger partial charge on any atom is 0.119 e. The largest absolute Gasteiger partial charge is 0.497 e. The molecule has 1 aliphatic heterocycles. The minimum absolute atomic E-state index is 0.242. The van der Waals surface area contributed by atoms with Gasteiger partial charge in [0.1, 0.15) is 5.75 Å². The Labute approximate surface area is 115 Å². The van der Waals surface area contributed by atoms with E-state index in [4.69, 9.17) is 10.5 Å². The van der Waals surface area contributed by atoms with Crippen LogP contribution in [0.5, 0.6) is 5.75 Å². The van der Waals surface area contributed by atoms with Gasteiger partial charge in [0.05, 0.1) is 7.11 Å². The van der Waals surface area contributed by atoms with E-state index in [2.05, 4.69) is 22.0 Å². The van der Waals surface area contributed by atoms with Crippen LogP contribution in [0.25, 0.3) is 0 Å². The van der Waals surface area contributed by atoms with Crippen LogP contribution < -0.4 is 10.5 Å². The van der Waals surface area contributed by atoms with Crippen LogP contribution in [0.15, 0.2) is 22.7 Å². The van der Waals surface area contributed by atoms with Crippen LogP contribution in [0, 0.1) is 0 Å². The first kappa shape index (κ1) is 13.2. The lowest BCUT2D eigenvalue weighted by Crippen LogP contribution is -2.33. The van der Waals surface area contributed by atoms with Crippen molar-refractivity contribution in [2.75, 3.05) is 12.9 Å². The second-order valence-electron chi connectivity index (χ2n) is 4.38. The zero-order valence-corrected chi connectivity index (χ0v) is 12.4. The van der Waals surface area contributed by atoms with Gasteiger partial charge in [0, 0.05) is 15.8 Å². The molecule has 0 amide bonds. The summed E-state index contributed by atoms with van der Waals surface area (Å²) in [5, 5.41) is 0.619. The number of ether oxygens (including phenoxy) is 1. The van der Waals surface area contributed by atoms with Crippen LogP contribution in [-0.2, 0) is 6.42 Å². The summed E-state index contributed by atoms with van der Waals surface area (Å²) in [6.45, 7) is 0. The first-order valence-corrected chi connectivity index (χ1v) is 7.74. The van der Waals surface area contributed by atoms with Crippen molar-refractivity contribution in [3.8, 4) is 5.75 Å². The van der Waals surface area contributed by atoms with Crippen molar-refractivity contribution in [2.45, 2.75) is 30.6 Å². The molecular weight excluding hydrogens is 298 g/mol. The van der Waals surface area contributed by atoms with Crippen LogP contribution in [0.2, 0.25) is 0 Å². The molecule has 0 saturated carbocycles. The number of nitrogens with two attached hydrogens (primary N) is 1. The highest BCUT2D eigenvalue weighted by atomic mass is 79.9. The molecule has 1 aliphatic rings. The monoisotopic (exact) mass is 315 g/mol. The second-order valence-corrected chi connectivity index (χ2v) is 6.58. The Kier molecular flexibility index (Phi) is 4.77. The van der Waals surface area contributed by atoms with Gasteiger partial charge in [-0.05, 0) is 48.8 Å². The number of methoxy groups -OCH3 is 1. The highest BCUT2D eigenvalue weighted by molar-refractivity contribution is 9.10. The molecule has 0 aromatic heterocycles. The molecule has 0 bridgehead atoms. The zero-order chi connectivity index (χ0) is 12.3. The number of rotatable bonds is 4. The molecule has 2 atom stereocenters. The minimum atomic E-state index is 0.242. The standard InChI is InChI=1S/C13H18BrNOS/c1-16-10-4-5-11(14)9(7-10)8-12(15)13-3-2-6-17-13/h4-5,7,12-13H,2-3,6,8,15H2,1H3. The molecule has 1 fully saturated rings. The summed E-state index contributed by atoms with van der Waals surface area (Å²) in [4.78, 5) is 0. The Morgan fingerprint density at radius 3 is 3.06 bits per heavy atom. The van der Waals surface area contributed by atoms with E-state index in [-0.39, 0.29) is 6.04 Å². The van der Waals surface area contributed by atoms with Gasteiger partial charge in [-0.15, -0.1) is 0 Å². The molecular formula is C13H18BrNOS. The molecule has 1 saturated heterocycles. The summed E-state index contributed by atoms with van der Waals surface area (Å²) >= 11 is 5.59. The van der Waals surface area contributed by atoms with Gasteiger partial charge in [-0.2, -0.15) is 11.8 Å². The quantitative estimate of drug-likeness (QED) is 0.926. The highest BCUT2D eigenvalue weighted by Gasteiger charge is 2.23. The fourth-order valence-corrected chi connectivity index (χ4v) is 3.88. The Bertz CT molecular complexity index is 380. The van der Waals surface area contributed by atoms with Gasteiger partial charge in [-0.1, -0.05) is 15.9 Å². The summed E-state index contributed by atoms with van der Waals surface area (Å²) in [5.41, 5.74) is 7.53. The smallest absolute Gasteiger partial charge is 0.119 e. The molecule has 94 valence electrons. The Balaban J connectivity index is 2.06. The van der Waals surface area contributed by atoms with Gasteiger partial charge in [-0.25, -0.2) is 0 Å². The maximum absolute atomic E-state index is 6.29. The molecule has 2 rings (SSSR count). The molecule has 17 heavy (non-hydrogen) atoms. The average molecular weight is 316 g/mol. The molecule has 1 aromatic rings. The van der Waals surface area contributed by atoms with Gasteiger partial charge in [-0.3, -0.25) is 0 Å². The number of thioether (sulfide) groups is 1. The molecule has 2 nitrogen and oxygen atoms in total. The number of halogens is 1. The van der Waals surface area contributed by atoms with E-state index in [0.29, 0.717) is 5.25 Å². The third-order valence-corrected chi connectivity index (χ3v) is 5.46. The Morgan fingerprint density at radius 2 is 2.41 bits per heavy atom. The number of hydrogen-bond donors (Lipinski definition) is 1. The Hall–Kier alpha value is -0.190. The fraction of sp³-hybridized carbons (Fsp3) is 0.538. The third-order valence-electron chi connectivity index (χ3n) is 3.15. The highest BCUT2D eigenvalue weighted by Crippen LogP contribution is 2.31. The SMILES string of the molecule is COc1ccc(Br)c(CC(N)C2CCCS2)c1. The number of hydrogen-bond acceptors (Lipinski definition) is 3. The minimum Gasteiger partial charge on any atom is -0.497 e. The van der Waals surface area contributed by atoms with Gasteiger partial charge in [0.25, 0.3) is 0 Å². The van der Waals surface area contributed by atoms with E-state index < -0.39 is 0 Å². The molecule has 1 heterocycles. The van der Waals surface area contributed by atoms with Crippen molar-refractivity contribution >= 4 is 27.7 Å². The molecule has 2 N–H and O–H groups in total. The molecule has 1 aromatic carbocycles. The van der Waals surface area contributed by atoms with Crippen LogP contribution in [0.1, 0.15) is 18.4 Å². The van der Waals surface area contributed by atoms with Crippen molar-refractivity contribution in [1.29, 1.82) is 0 Å². The summed E-state index contributed by atoms with van der Waals surface area (Å²) < 4.78 is 6.37. The number of benzene rings is 1. The predicted molar refractivity (Wildman–Crippen MR) is 77.9 cm³/mol. The van der Waals surface area contributed by atoms with Crippen molar-refractivity contribution in [3.05, 3.63) is 28.2 Å². The van der Waals surface area contributed by atoms with Gasteiger partial charge in [0.15, 0.2) is 0 Å². The van der Waals surface area contributed by atoms with Crippen molar-refractivity contribution in [2.24, 2.45) is 5.73 Å². The molecule has 0 radical (unpaired) electrons. The molecule has 4 heteroatoms. The Morgan fingerprint density at radius 1 is 1.59 bits per heavy atom. The zero-order valence-electron chi connectivity index (χ0n) is 9.99. The van der Waals surface area contributed by atoms with Gasteiger partial charge >= 0.3 is 0 Å². The van der Waals surface area contributed by atoms with Crippen LogP contribution in [0.3, 0.4) is 0 Å². The summed E-state index contributed by atoms with van der Waals surface area (Å²) in [7, 11) is 1.69. The lowest BCUT2D eigenvalue weighted by molar-refractivity contribution is 0.414. The van der Waals surface area contributed by atoms with E-state index in [1.54, 1.807) is 7.11 Å². The van der Waals surface area contributed by atoms with Crippen molar-refractivity contribution in [1.82, 2.24) is 0 Å². The van der Waals surface area contributed by atoms with E-state index in [1.807, 2.05) is 23.9 Å². The normalized spacial score (nSPS) is 21.5. The molecule has 2 unspecified atom stereocenters. The van der Waals surface area contributed by atoms with Crippen LogP contribution >= 0.6 is 27.7 Å². The average Bonchev–Trinajstić information content (AvgIpc) is 2.85. The first-order chi connectivity index (χ1) is 8.20. The topological polar surface area (TPSA) is 35.2 Å². The van der Waals surface area contributed by atoms with E-state index in [1.165, 1.54) is 24.2 Å². The van der Waals surface area contributed by atoms with Gasteiger partial charge in [0.2, 0.25) is 0 Å². The van der Waals surface area contributed by atoms with Crippen molar-refractivity contribution in [3.63, 3.8) is 0 Å². The molecule has 0 spiro atoms. The summed E-state index contributed by atoms with van der Waals surface area (Å²) in [5.74, 6) is 2.16. The lowest BCUT2D eigenvalue weighted by atomic mass is 10.0. The van der Waals surface area contributed by atoms with E-state index in [9.17, 15) is 0 Å². The summed E-state index contributed by atoms with van der Waals surface area (Å²) in [6.07, 6.45) is 3.48. The second kappa shape index (κ2) is 6.12. The molecule has 0 aliphatic carbocycles. The van der Waals surface area contributed by atoms with E-state index >= 15 is 0 Å². The lowest BCUT2D eigenvalue weighted by Gasteiger charge is -2.19. The predicted octanol–water partition coefficient (Wildman–Crippen LogP) is 3.22. The first-order valence-electron chi connectivity index (χ1n) is 5.90. The van der Waals surface area contributed by atoms with Crippen molar-refractivity contribution < 1.29 is 4.74 Å². The maximum atomic E-state index is 6.29. The van der Waals surface area contributed by atoms with Crippen LogP contribution in [0.4, 0.5) is 0 Å². The van der Waals surface area contributed by atoms with E-state index in [0.717, 1.165) is 16.6 Å². The van der Waals surface area contributed by atoms with Gasteiger partial charge < -0.3 is 10.5 Å². The van der Waals surface area contributed by atoms with Crippen LogP contribution in [-0.4, -0.2) is 24.2 Å². The fourth-order valence-electron chi connectivity index (χ4n) is 2.16. The summed E-state index contributed by atoms with van der Waals surface area (Å²) in [6, 6.07) is 6.31. The third kappa shape index (κ3) is 3.39.